The summed E-state index contributed by atoms with van der Waals surface area (Å²) in [5.74, 6) is -1.22. The van der Waals surface area contributed by atoms with Crippen LogP contribution in [0.3, 0.4) is 0 Å². The molecule has 1 atom stereocenters. The van der Waals surface area contributed by atoms with Crippen molar-refractivity contribution >= 4 is 21.4 Å². The van der Waals surface area contributed by atoms with Crippen molar-refractivity contribution in [2.45, 2.75) is 44.3 Å². The number of aromatic nitrogens is 1. The van der Waals surface area contributed by atoms with Crippen LogP contribution >= 0.6 is 11.3 Å². The van der Waals surface area contributed by atoms with Crippen LogP contribution in [0.5, 0.6) is 0 Å². The van der Waals surface area contributed by atoms with Crippen molar-refractivity contribution < 1.29 is 26.1 Å². The average Bonchev–Trinajstić information content (AvgIpc) is 3.03. The van der Waals surface area contributed by atoms with Crippen molar-refractivity contribution in [3.8, 4) is 10.6 Å². The molecule has 0 fully saturated rings. The number of nitrogens with one attached hydrogen (secondary N) is 1. The van der Waals surface area contributed by atoms with E-state index in [1.54, 1.807) is 13.8 Å². The van der Waals surface area contributed by atoms with Crippen LogP contribution < -0.4 is 4.72 Å². The molecule has 0 unspecified atom stereocenters. The summed E-state index contributed by atoms with van der Waals surface area (Å²) in [5.41, 5.74) is -0.0459. The maximum Gasteiger partial charge on any atom is 0.452 e. The normalized spacial score (nSPS) is 14.2. The van der Waals surface area contributed by atoms with Crippen LogP contribution in [0, 0.1) is 6.92 Å². The summed E-state index contributed by atoms with van der Waals surface area (Å²) in [5, 5.41) is 3.37. The van der Waals surface area contributed by atoms with Gasteiger partial charge in [-0.25, -0.2) is 13.1 Å². The van der Waals surface area contributed by atoms with Crippen molar-refractivity contribution in [1.82, 2.24) is 9.88 Å². The number of alkyl halides is 3. The van der Waals surface area contributed by atoms with E-state index in [1.165, 1.54) is 6.07 Å². The Morgan fingerprint density at radius 2 is 2.04 bits per heavy atom. The van der Waals surface area contributed by atoms with Crippen LogP contribution in [0.2, 0.25) is 0 Å². The third-order valence-electron chi connectivity index (χ3n) is 3.17. The standard InChI is InChI=1S/C13H15F3N2O3S2/c1-4-7(2)18-23(19,20)11-6-10(22-8(11)3)9-5-12(21-17-9)13(14,15)16/h5-7,18H,4H2,1-3H3/t7-/m0/s1. The van der Waals surface area contributed by atoms with Gasteiger partial charge in [-0.15, -0.1) is 11.3 Å². The number of hydrogen-bond donors (Lipinski definition) is 1. The first-order valence-corrected chi connectivity index (χ1v) is 9.01. The van der Waals surface area contributed by atoms with E-state index < -0.39 is 22.0 Å². The molecule has 0 saturated carbocycles. The Morgan fingerprint density at radius 1 is 1.39 bits per heavy atom. The summed E-state index contributed by atoms with van der Waals surface area (Å²) in [6, 6.07) is 1.82. The molecule has 2 aromatic heterocycles. The number of sulfonamides is 1. The molecule has 2 rings (SSSR count). The van der Waals surface area contributed by atoms with E-state index in [4.69, 9.17) is 0 Å². The largest absolute Gasteiger partial charge is 0.452 e. The SMILES string of the molecule is CC[C@H](C)NS(=O)(=O)c1cc(-c2cc(C(F)(F)F)on2)sc1C. The molecule has 0 spiro atoms. The highest BCUT2D eigenvalue weighted by Crippen LogP contribution is 2.36. The lowest BCUT2D eigenvalue weighted by Gasteiger charge is -2.11. The Hall–Kier alpha value is -1.39. The minimum Gasteiger partial charge on any atom is -0.351 e. The van der Waals surface area contributed by atoms with Gasteiger partial charge in [0.15, 0.2) is 0 Å². The zero-order chi connectivity index (χ0) is 17.4. The van der Waals surface area contributed by atoms with Crippen molar-refractivity contribution in [3.63, 3.8) is 0 Å². The van der Waals surface area contributed by atoms with Crippen LogP contribution in [0.15, 0.2) is 21.6 Å². The van der Waals surface area contributed by atoms with E-state index >= 15 is 0 Å². The maximum atomic E-state index is 12.5. The lowest BCUT2D eigenvalue weighted by Crippen LogP contribution is -2.32. The maximum absolute atomic E-state index is 12.5. The molecule has 0 bridgehead atoms. The first kappa shape index (κ1) is 18.0. The highest BCUT2D eigenvalue weighted by Gasteiger charge is 2.36. The minimum atomic E-state index is -4.63. The molecule has 1 N–H and O–H groups in total. The minimum absolute atomic E-state index is 0.0364. The fraction of sp³-hybridized carbons (Fsp3) is 0.462. The molecule has 0 aliphatic rings. The zero-order valence-electron chi connectivity index (χ0n) is 12.6. The van der Waals surface area contributed by atoms with Gasteiger partial charge in [-0.3, -0.25) is 0 Å². The second kappa shape index (κ2) is 6.25. The second-order valence-electron chi connectivity index (χ2n) is 5.04. The van der Waals surface area contributed by atoms with E-state index in [0.717, 1.165) is 17.4 Å². The van der Waals surface area contributed by atoms with E-state index in [1.807, 2.05) is 6.92 Å². The summed E-state index contributed by atoms with van der Waals surface area (Å²) in [6.45, 7) is 5.16. The van der Waals surface area contributed by atoms with Crippen LogP contribution in [-0.2, 0) is 16.2 Å². The second-order valence-corrected chi connectivity index (χ2v) is 7.97. The van der Waals surface area contributed by atoms with Crippen LogP contribution in [-0.4, -0.2) is 19.6 Å². The van der Waals surface area contributed by atoms with Gasteiger partial charge in [0.05, 0.1) is 9.77 Å². The monoisotopic (exact) mass is 368 g/mol. The molecule has 2 heterocycles. The van der Waals surface area contributed by atoms with Gasteiger partial charge in [0.2, 0.25) is 15.8 Å². The Morgan fingerprint density at radius 3 is 2.57 bits per heavy atom. The fourth-order valence-electron chi connectivity index (χ4n) is 1.80. The van der Waals surface area contributed by atoms with Crippen molar-refractivity contribution in [1.29, 1.82) is 0 Å². The van der Waals surface area contributed by atoms with Gasteiger partial charge < -0.3 is 4.52 Å². The van der Waals surface area contributed by atoms with Crippen molar-refractivity contribution in [3.05, 3.63) is 22.8 Å². The quantitative estimate of drug-likeness (QED) is 0.871. The number of halogens is 3. The topological polar surface area (TPSA) is 72.2 Å². The molecule has 0 aromatic carbocycles. The molecule has 2 aromatic rings. The summed E-state index contributed by atoms with van der Waals surface area (Å²) in [4.78, 5) is 0.799. The lowest BCUT2D eigenvalue weighted by molar-refractivity contribution is -0.155. The van der Waals surface area contributed by atoms with E-state index in [0.29, 0.717) is 16.2 Å². The molecule has 5 nitrogen and oxygen atoms in total. The molecular formula is C13H15F3N2O3S2. The Labute approximate surface area is 135 Å². The number of hydrogen-bond acceptors (Lipinski definition) is 5. The number of aryl methyl sites for hydroxylation is 1. The van der Waals surface area contributed by atoms with E-state index in [2.05, 4.69) is 14.4 Å². The molecule has 0 aliphatic heterocycles. The smallest absolute Gasteiger partial charge is 0.351 e. The summed E-state index contributed by atoms with van der Waals surface area (Å²) < 4.78 is 69.0. The molecule has 0 radical (unpaired) electrons. The molecule has 0 saturated heterocycles. The fourth-order valence-corrected chi connectivity index (χ4v) is 4.67. The predicted octanol–water partition coefficient (Wildman–Crippen LogP) is 3.81. The van der Waals surface area contributed by atoms with Gasteiger partial charge in [-0.1, -0.05) is 12.1 Å². The summed E-state index contributed by atoms with van der Waals surface area (Å²) in [7, 11) is -3.73. The summed E-state index contributed by atoms with van der Waals surface area (Å²) >= 11 is 1.04. The Balaban J connectivity index is 2.37. The highest BCUT2D eigenvalue weighted by atomic mass is 32.2. The third-order valence-corrected chi connectivity index (χ3v) is 6.09. The molecular weight excluding hydrogens is 353 g/mol. The zero-order valence-corrected chi connectivity index (χ0v) is 14.2. The summed E-state index contributed by atoms with van der Waals surface area (Å²) in [6.07, 6.45) is -4.02. The molecule has 0 amide bonds. The van der Waals surface area contributed by atoms with E-state index in [9.17, 15) is 21.6 Å². The Bertz CT molecular complexity index is 794. The third kappa shape index (κ3) is 3.93. The van der Waals surface area contributed by atoms with E-state index in [-0.39, 0.29) is 16.6 Å². The van der Waals surface area contributed by atoms with Crippen LogP contribution in [0.25, 0.3) is 10.6 Å². The number of nitrogens with zero attached hydrogens (tertiary/aromatic N) is 1. The molecule has 0 aliphatic carbocycles. The van der Waals surface area contributed by atoms with Crippen LogP contribution in [0.4, 0.5) is 13.2 Å². The predicted molar refractivity (Wildman–Crippen MR) is 79.6 cm³/mol. The number of rotatable bonds is 5. The van der Waals surface area contributed by atoms with Gasteiger partial charge in [-0.2, -0.15) is 13.2 Å². The van der Waals surface area contributed by atoms with Gasteiger partial charge in [0.1, 0.15) is 5.69 Å². The Kier molecular flexibility index (Phi) is 4.88. The lowest BCUT2D eigenvalue weighted by atomic mass is 10.3. The molecule has 23 heavy (non-hydrogen) atoms. The number of thiophene rings is 1. The van der Waals surface area contributed by atoms with Gasteiger partial charge in [0.25, 0.3) is 0 Å². The van der Waals surface area contributed by atoms with Crippen molar-refractivity contribution in [2.75, 3.05) is 0 Å². The van der Waals surface area contributed by atoms with Gasteiger partial charge >= 0.3 is 6.18 Å². The van der Waals surface area contributed by atoms with Crippen molar-refractivity contribution in [2.24, 2.45) is 0 Å². The van der Waals surface area contributed by atoms with Crippen LogP contribution in [0.1, 0.15) is 30.9 Å². The first-order valence-electron chi connectivity index (χ1n) is 6.71. The molecule has 128 valence electrons. The average molecular weight is 368 g/mol. The van der Waals surface area contributed by atoms with Gasteiger partial charge in [-0.05, 0) is 26.3 Å². The molecule has 10 heteroatoms. The highest BCUT2D eigenvalue weighted by molar-refractivity contribution is 7.89. The first-order chi connectivity index (χ1) is 10.5. The van der Waals surface area contributed by atoms with Gasteiger partial charge in [0, 0.05) is 17.0 Å².